The van der Waals surface area contributed by atoms with Crippen LogP contribution in [0.2, 0.25) is 5.02 Å². The first-order chi connectivity index (χ1) is 11.2. The summed E-state index contributed by atoms with van der Waals surface area (Å²) in [6.45, 7) is 0. The molecule has 5 nitrogen and oxygen atoms in total. The first kappa shape index (κ1) is 14.4. The second-order valence-corrected chi connectivity index (χ2v) is 6.56. The van der Waals surface area contributed by atoms with Gasteiger partial charge in [0, 0.05) is 10.6 Å². The van der Waals surface area contributed by atoms with E-state index in [2.05, 4.69) is 15.6 Å². The molecule has 0 unspecified atom stereocenters. The third-order valence-corrected chi connectivity index (χ3v) is 4.96. The molecule has 23 heavy (non-hydrogen) atoms. The molecule has 2 aromatic carbocycles. The number of rotatable bonds is 3. The third-order valence-electron chi connectivity index (χ3n) is 3.62. The van der Waals surface area contributed by atoms with Gasteiger partial charge in [-0.25, -0.2) is 4.68 Å². The number of halogens is 1. The molecule has 0 saturated heterocycles. The molecule has 1 aromatic heterocycles. The summed E-state index contributed by atoms with van der Waals surface area (Å²) in [5, 5.41) is 10.2. The van der Waals surface area contributed by atoms with Gasteiger partial charge in [0.1, 0.15) is 11.1 Å². The van der Waals surface area contributed by atoms with Crippen molar-refractivity contribution in [2.75, 3.05) is 12.5 Å². The molecule has 1 N–H and O–H groups in total. The van der Waals surface area contributed by atoms with Gasteiger partial charge in [-0.05, 0) is 42.0 Å². The van der Waals surface area contributed by atoms with Crippen LogP contribution in [-0.2, 0) is 0 Å². The van der Waals surface area contributed by atoms with Crippen molar-refractivity contribution in [3.05, 3.63) is 59.1 Å². The minimum atomic E-state index is 0.0924. The number of nitrogens with zero attached hydrogens (tertiary/aromatic N) is 3. The molecule has 0 amide bonds. The molecule has 0 radical (unpaired) electrons. The van der Waals surface area contributed by atoms with Gasteiger partial charge in [0.2, 0.25) is 5.16 Å². The Hall–Kier alpha value is -2.18. The summed E-state index contributed by atoms with van der Waals surface area (Å²) in [4.78, 5) is 0. The number of ether oxygens (including phenoxy) is 1. The van der Waals surface area contributed by atoms with E-state index in [1.165, 1.54) is 0 Å². The van der Waals surface area contributed by atoms with Crippen molar-refractivity contribution in [1.82, 2.24) is 14.9 Å². The van der Waals surface area contributed by atoms with Gasteiger partial charge in [0.05, 0.1) is 7.11 Å². The molecule has 1 aliphatic heterocycles. The zero-order chi connectivity index (χ0) is 15.8. The van der Waals surface area contributed by atoms with Crippen molar-refractivity contribution in [2.24, 2.45) is 0 Å². The average molecular weight is 345 g/mol. The van der Waals surface area contributed by atoms with Crippen LogP contribution in [0.4, 0.5) is 0 Å². The van der Waals surface area contributed by atoms with Gasteiger partial charge in [0.15, 0.2) is 5.82 Å². The molecule has 1 aliphatic rings. The van der Waals surface area contributed by atoms with Crippen molar-refractivity contribution in [3.63, 3.8) is 0 Å². The Labute approximate surface area is 142 Å². The van der Waals surface area contributed by atoms with Gasteiger partial charge >= 0.3 is 0 Å². The molecular weight excluding hydrogens is 332 g/mol. The minimum absolute atomic E-state index is 0.0924. The fraction of sp³-hybridized carbons (Fsp3) is 0.125. The van der Waals surface area contributed by atoms with Gasteiger partial charge in [-0.2, -0.15) is 0 Å². The van der Waals surface area contributed by atoms with Gasteiger partial charge in [-0.15, -0.1) is 10.2 Å². The summed E-state index contributed by atoms with van der Waals surface area (Å²) in [6.07, 6.45) is 0. The smallest absolute Gasteiger partial charge is 0.212 e. The van der Waals surface area contributed by atoms with Crippen LogP contribution in [-0.4, -0.2) is 22.0 Å². The Morgan fingerprint density at radius 2 is 1.83 bits per heavy atom. The van der Waals surface area contributed by atoms with E-state index in [9.17, 15) is 0 Å². The third kappa shape index (κ3) is 2.64. The summed E-state index contributed by atoms with van der Waals surface area (Å²) >= 11 is 7.58. The fourth-order valence-corrected chi connectivity index (χ4v) is 3.54. The number of aromatic nitrogens is 3. The van der Waals surface area contributed by atoms with Crippen LogP contribution in [0.25, 0.3) is 11.4 Å². The standard InChI is InChI=1S/C16H13ClN4OS/c1-22-13-8-4-10(5-9-13)14-18-19-16-21(14)20-15(23-16)11-2-6-12(17)7-3-11/h2-9,15,20H,1H3/t15-/m0/s1. The average Bonchev–Trinajstić information content (AvgIpc) is 3.16. The lowest BCUT2D eigenvalue weighted by Crippen LogP contribution is -2.13. The SMILES string of the molecule is COc1ccc(-c2nnc3n2N[C@H](c2ccc(Cl)cc2)S3)cc1. The molecule has 4 rings (SSSR count). The normalized spacial score (nSPS) is 16.0. The summed E-state index contributed by atoms with van der Waals surface area (Å²) in [7, 11) is 1.65. The number of thioether (sulfide) groups is 1. The van der Waals surface area contributed by atoms with E-state index in [1.807, 2.05) is 53.2 Å². The van der Waals surface area contributed by atoms with E-state index in [1.54, 1.807) is 18.9 Å². The predicted molar refractivity (Wildman–Crippen MR) is 91.4 cm³/mol. The van der Waals surface area contributed by atoms with Crippen molar-refractivity contribution in [3.8, 4) is 17.1 Å². The van der Waals surface area contributed by atoms with Gasteiger partial charge in [0.25, 0.3) is 0 Å². The lowest BCUT2D eigenvalue weighted by molar-refractivity contribution is 0.415. The monoisotopic (exact) mass is 344 g/mol. The molecule has 0 bridgehead atoms. The Balaban J connectivity index is 1.62. The summed E-state index contributed by atoms with van der Waals surface area (Å²) in [5.41, 5.74) is 5.55. The highest BCUT2D eigenvalue weighted by molar-refractivity contribution is 7.99. The molecule has 0 aliphatic carbocycles. The summed E-state index contributed by atoms with van der Waals surface area (Å²) in [5.74, 6) is 1.60. The van der Waals surface area contributed by atoms with Crippen LogP contribution < -0.4 is 10.2 Å². The molecule has 0 spiro atoms. The van der Waals surface area contributed by atoms with Crippen LogP contribution in [0.15, 0.2) is 53.7 Å². The molecule has 2 heterocycles. The largest absolute Gasteiger partial charge is 0.497 e. The van der Waals surface area contributed by atoms with E-state index in [0.717, 1.165) is 32.9 Å². The van der Waals surface area contributed by atoms with Crippen molar-refractivity contribution < 1.29 is 4.74 Å². The second kappa shape index (κ2) is 5.79. The first-order valence-electron chi connectivity index (χ1n) is 7.03. The second-order valence-electron chi connectivity index (χ2n) is 5.05. The Morgan fingerprint density at radius 3 is 2.52 bits per heavy atom. The highest BCUT2D eigenvalue weighted by Gasteiger charge is 2.28. The predicted octanol–water partition coefficient (Wildman–Crippen LogP) is 3.96. The van der Waals surface area contributed by atoms with Crippen LogP contribution in [0, 0.1) is 0 Å². The number of hydrogen-bond donors (Lipinski definition) is 1. The number of hydrogen-bond acceptors (Lipinski definition) is 5. The Bertz CT molecular complexity index is 832. The summed E-state index contributed by atoms with van der Waals surface area (Å²) < 4.78 is 7.11. The van der Waals surface area contributed by atoms with Crippen LogP contribution in [0.1, 0.15) is 10.9 Å². The maximum Gasteiger partial charge on any atom is 0.212 e. The lowest BCUT2D eigenvalue weighted by atomic mass is 10.2. The molecule has 1 atom stereocenters. The molecule has 116 valence electrons. The number of benzene rings is 2. The quantitative estimate of drug-likeness (QED) is 0.779. The van der Waals surface area contributed by atoms with Crippen LogP contribution >= 0.6 is 23.4 Å². The van der Waals surface area contributed by atoms with E-state index >= 15 is 0 Å². The van der Waals surface area contributed by atoms with E-state index < -0.39 is 0 Å². The maximum absolute atomic E-state index is 5.95. The number of nitrogens with one attached hydrogen (secondary N) is 1. The van der Waals surface area contributed by atoms with E-state index in [0.29, 0.717) is 0 Å². The van der Waals surface area contributed by atoms with Gasteiger partial charge < -0.3 is 10.2 Å². The lowest BCUT2D eigenvalue weighted by Gasteiger charge is -2.12. The zero-order valence-electron chi connectivity index (χ0n) is 12.2. The van der Waals surface area contributed by atoms with Crippen LogP contribution in [0.5, 0.6) is 5.75 Å². The van der Waals surface area contributed by atoms with E-state index in [-0.39, 0.29) is 5.37 Å². The number of methoxy groups -OCH3 is 1. The molecule has 7 heteroatoms. The molecular formula is C16H13ClN4OS. The van der Waals surface area contributed by atoms with Crippen molar-refractivity contribution in [1.29, 1.82) is 0 Å². The maximum atomic E-state index is 5.95. The van der Waals surface area contributed by atoms with Crippen molar-refractivity contribution in [2.45, 2.75) is 10.5 Å². The number of fused-ring (bicyclic) bond motifs is 1. The zero-order valence-corrected chi connectivity index (χ0v) is 13.8. The van der Waals surface area contributed by atoms with Gasteiger partial charge in [-0.3, -0.25) is 0 Å². The van der Waals surface area contributed by atoms with Crippen LogP contribution in [0.3, 0.4) is 0 Å². The molecule has 3 aromatic rings. The molecule has 0 saturated carbocycles. The Kier molecular flexibility index (Phi) is 3.63. The highest BCUT2D eigenvalue weighted by Crippen LogP contribution is 2.40. The minimum Gasteiger partial charge on any atom is -0.497 e. The van der Waals surface area contributed by atoms with E-state index in [4.69, 9.17) is 16.3 Å². The van der Waals surface area contributed by atoms with Crippen molar-refractivity contribution >= 4 is 23.4 Å². The van der Waals surface area contributed by atoms with Gasteiger partial charge in [-0.1, -0.05) is 35.5 Å². The topological polar surface area (TPSA) is 52.0 Å². The highest BCUT2D eigenvalue weighted by atomic mass is 35.5. The summed E-state index contributed by atoms with van der Waals surface area (Å²) in [6, 6.07) is 15.6. The first-order valence-corrected chi connectivity index (χ1v) is 8.29. The molecule has 0 fully saturated rings. The fourth-order valence-electron chi connectivity index (χ4n) is 2.42. The Morgan fingerprint density at radius 1 is 1.09 bits per heavy atom.